The molecule has 286 valence electrons. The maximum atomic E-state index is 15.2. The summed E-state index contributed by atoms with van der Waals surface area (Å²) in [6, 6.07) is 15.7. The zero-order chi connectivity index (χ0) is 38.4. The molecule has 15 heteroatoms. The van der Waals surface area contributed by atoms with Gasteiger partial charge in [0, 0.05) is 66.3 Å². The van der Waals surface area contributed by atoms with E-state index in [1.807, 2.05) is 17.8 Å². The number of anilines is 1. The molecule has 5 aromatic rings. The fourth-order valence-electron chi connectivity index (χ4n) is 6.87. The molecule has 6 N–H and O–H groups in total. The third kappa shape index (κ3) is 8.67. The van der Waals surface area contributed by atoms with Gasteiger partial charge in [-0.1, -0.05) is 12.1 Å². The minimum absolute atomic E-state index is 0.00389. The maximum Gasteiger partial charge on any atom is 0.349 e. The van der Waals surface area contributed by atoms with Crippen molar-refractivity contribution >= 4 is 51.1 Å². The number of halogens is 1. The van der Waals surface area contributed by atoms with Crippen LogP contribution in [0.5, 0.6) is 11.5 Å². The highest BCUT2D eigenvalue weighted by Crippen LogP contribution is 2.38. The molecule has 1 saturated carbocycles. The summed E-state index contributed by atoms with van der Waals surface area (Å²) in [5, 5.41) is 42.7. The van der Waals surface area contributed by atoms with Crippen molar-refractivity contribution in [3.8, 4) is 11.5 Å². The Bertz CT molecular complexity index is 2080. The van der Waals surface area contributed by atoms with E-state index in [4.69, 9.17) is 9.47 Å². The number of hydrogen-bond acceptors (Lipinski definition) is 12. The Morgan fingerprint density at radius 2 is 1.76 bits per heavy atom. The van der Waals surface area contributed by atoms with E-state index in [0.717, 1.165) is 12.8 Å². The number of rotatable bonds is 15. The largest absolute Gasteiger partial charge is 0.508 e. The smallest absolute Gasteiger partial charge is 0.349 e. The third-order valence-corrected chi connectivity index (χ3v) is 11.8. The first-order valence-corrected chi connectivity index (χ1v) is 19.4. The average Bonchev–Trinajstić information content (AvgIpc) is 3.91. The third-order valence-electron chi connectivity index (χ3n) is 9.84. The van der Waals surface area contributed by atoms with Crippen LogP contribution < -0.4 is 20.9 Å². The van der Waals surface area contributed by atoms with Crippen LogP contribution in [0.4, 0.5) is 10.1 Å². The molecule has 0 radical (unpaired) electrons. The molecule has 1 atom stereocenters. The molecule has 6 rings (SSSR count). The van der Waals surface area contributed by atoms with Crippen molar-refractivity contribution in [1.29, 1.82) is 0 Å². The van der Waals surface area contributed by atoms with Crippen molar-refractivity contribution in [3.63, 3.8) is 0 Å². The van der Waals surface area contributed by atoms with Gasteiger partial charge in [-0.3, -0.25) is 9.59 Å². The summed E-state index contributed by atoms with van der Waals surface area (Å²) < 4.78 is 26.6. The number of amides is 1. The lowest BCUT2D eigenvalue weighted by atomic mass is 9.91. The van der Waals surface area contributed by atoms with Gasteiger partial charge in [0.1, 0.15) is 23.4 Å². The number of aliphatic hydroxyl groups is 2. The summed E-state index contributed by atoms with van der Waals surface area (Å²) in [6.45, 7) is 0.553. The maximum absolute atomic E-state index is 15.2. The lowest BCUT2D eigenvalue weighted by Gasteiger charge is -2.35. The molecule has 3 aromatic heterocycles. The molecule has 0 aliphatic heterocycles. The van der Waals surface area contributed by atoms with Gasteiger partial charge in [0.25, 0.3) is 0 Å². The molecule has 0 spiro atoms. The van der Waals surface area contributed by atoms with Crippen molar-refractivity contribution in [3.05, 3.63) is 108 Å². The van der Waals surface area contributed by atoms with Gasteiger partial charge in [-0.25, -0.2) is 9.18 Å². The van der Waals surface area contributed by atoms with E-state index in [2.05, 4.69) is 20.5 Å². The quantitative estimate of drug-likeness (QED) is 0.0759. The van der Waals surface area contributed by atoms with Crippen molar-refractivity contribution in [2.24, 2.45) is 0 Å². The number of carbonyl (C=O) groups is 2. The van der Waals surface area contributed by atoms with Crippen LogP contribution in [0.25, 0.3) is 10.9 Å². The molecule has 1 aliphatic rings. The molecule has 1 fully saturated rings. The zero-order valence-electron chi connectivity index (χ0n) is 29.8. The summed E-state index contributed by atoms with van der Waals surface area (Å²) >= 11 is 2.61. The number of esters is 1. The topological polar surface area (TPSA) is 173 Å². The predicted molar refractivity (Wildman–Crippen MR) is 206 cm³/mol. The molecule has 0 bridgehead atoms. The number of fused-ring (bicyclic) bond motifs is 1. The highest BCUT2D eigenvalue weighted by Gasteiger charge is 2.45. The number of aromatic nitrogens is 1. The first kappa shape index (κ1) is 39.1. The second kappa shape index (κ2) is 17.2. The lowest BCUT2D eigenvalue weighted by Crippen LogP contribution is -2.42. The number of H-pyrrole nitrogens is 1. The van der Waals surface area contributed by atoms with Gasteiger partial charge in [-0.05, 0) is 79.9 Å². The first-order valence-electron chi connectivity index (χ1n) is 17.6. The summed E-state index contributed by atoms with van der Waals surface area (Å²) in [4.78, 5) is 43.8. The Hall–Kier alpha value is -4.64. The van der Waals surface area contributed by atoms with Gasteiger partial charge in [0.2, 0.25) is 17.1 Å². The van der Waals surface area contributed by atoms with Crippen molar-refractivity contribution < 1.29 is 38.8 Å². The fraction of sp³-hybridized carbons (Fsp3) is 0.359. The number of nitrogens with one attached hydrogen (secondary N) is 3. The minimum Gasteiger partial charge on any atom is -0.508 e. The summed E-state index contributed by atoms with van der Waals surface area (Å²) in [7, 11) is 3.37. The lowest BCUT2D eigenvalue weighted by molar-refractivity contribution is -0.169. The molecule has 0 unspecified atom stereocenters. The van der Waals surface area contributed by atoms with E-state index < -0.39 is 23.5 Å². The number of pyridine rings is 1. The van der Waals surface area contributed by atoms with E-state index in [9.17, 15) is 29.7 Å². The van der Waals surface area contributed by atoms with E-state index in [1.165, 1.54) is 60.1 Å². The number of phenols is 1. The number of aromatic amines is 1. The Morgan fingerprint density at radius 1 is 1.06 bits per heavy atom. The van der Waals surface area contributed by atoms with Gasteiger partial charge in [-0.15, -0.1) is 22.7 Å². The number of methoxy groups -OCH3 is 1. The Kier molecular flexibility index (Phi) is 12.5. The van der Waals surface area contributed by atoms with Gasteiger partial charge in [0.05, 0.1) is 28.7 Å². The number of nitrogens with zero attached hydrogens (tertiary/aromatic N) is 1. The van der Waals surface area contributed by atoms with E-state index >= 15 is 4.39 Å². The molecule has 12 nitrogen and oxygen atoms in total. The number of aromatic hydroxyl groups is 1. The molecule has 2 aromatic carbocycles. The van der Waals surface area contributed by atoms with E-state index in [-0.39, 0.29) is 60.1 Å². The van der Waals surface area contributed by atoms with Gasteiger partial charge < -0.3 is 45.3 Å². The Labute approximate surface area is 319 Å². The number of hydrogen-bond donors (Lipinski definition) is 6. The number of benzene rings is 2. The SMILES string of the molecule is COc1cc(NC(=O)CCN(C)[C@H]2CC[C@H](OC(=O)C(O)(c3cccs3)c3cccs3)CC2)c(F)cc1CNC[C@H](O)c1c(O)ccc2[nH]c(=O)ccc12. The van der Waals surface area contributed by atoms with Crippen molar-refractivity contribution in [2.75, 3.05) is 32.6 Å². The highest BCUT2D eigenvalue weighted by molar-refractivity contribution is 7.12. The van der Waals surface area contributed by atoms with Gasteiger partial charge >= 0.3 is 5.97 Å². The molecule has 1 aliphatic carbocycles. The van der Waals surface area contributed by atoms with Crippen LogP contribution in [0, 0.1) is 5.82 Å². The molecular formula is C39H43FN4O8S2. The van der Waals surface area contributed by atoms with Gasteiger partial charge in [0.15, 0.2) is 0 Å². The number of ether oxygens (including phenoxy) is 2. The van der Waals surface area contributed by atoms with Crippen molar-refractivity contribution in [1.82, 2.24) is 15.2 Å². The second-order valence-corrected chi connectivity index (χ2v) is 15.2. The van der Waals surface area contributed by atoms with Gasteiger partial charge in [-0.2, -0.15) is 0 Å². The van der Waals surface area contributed by atoms with Crippen molar-refractivity contribution in [2.45, 2.75) is 62.5 Å². The summed E-state index contributed by atoms with van der Waals surface area (Å²) in [5.41, 5.74) is -0.996. The molecule has 0 saturated heterocycles. The van der Waals surface area contributed by atoms with Crippen LogP contribution in [0.1, 0.15) is 59.1 Å². The first-order chi connectivity index (χ1) is 26.0. The van der Waals surface area contributed by atoms with Crippen LogP contribution in [-0.2, 0) is 26.5 Å². The van der Waals surface area contributed by atoms with E-state index in [0.29, 0.717) is 51.4 Å². The monoisotopic (exact) mass is 778 g/mol. The van der Waals surface area contributed by atoms with Crippen LogP contribution in [-0.4, -0.2) is 76.5 Å². The van der Waals surface area contributed by atoms with Crippen LogP contribution >= 0.6 is 22.7 Å². The predicted octanol–water partition coefficient (Wildman–Crippen LogP) is 5.38. The Balaban J connectivity index is 0.968. The molecule has 1 amide bonds. The molecule has 3 heterocycles. The number of aliphatic hydroxyl groups excluding tert-OH is 1. The fourth-order valence-corrected chi connectivity index (χ4v) is 8.58. The average molecular weight is 779 g/mol. The second-order valence-electron chi connectivity index (χ2n) is 13.4. The van der Waals surface area contributed by atoms with Crippen LogP contribution in [0.2, 0.25) is 0 Å². The number of phenolic OH excluding ortho intramolecular Hbond substituents is 1. The number of thiophene rings is 2. The molecule has 54 heavy (non-hydrogen) atoms. The molecular weight excluding hydrogens is 736 g/mol. The zero-order valence-corrected chi connectivity index (χ0v) is 31.5. The Morgan fingerprint density at radius 3 is 2.41 bits per heavy atom. The highest BCUT2D eigenvalue weighted by atomic mass is 32.1. The standard InChI is InChI=1S/C39H43FN4O8S2/c1-44(24-7-9-25(10-8-24)52-38(49)39(50,33-5-3-17-53-33)34-6-4-18-54-34)16-15-36(48)43-29-20-32(51-2)23(19-27(29)40)21-41-22-31(46)37-26-11-14-35(47)42-28(26)12-13-30(37)45/h3-6,11-14,17-20,24-25,31,41,45-46,50H,7-10,15-16,21-22H2,1-2H3,(H,42,47)(H,43,48)/t24-,25-,31-/m0/s1. The number of carbonyl (C=O) groups excluding carboxylic acids is 2. The van der Waals surface area contributed by atoms with E-state index in [1.54, 1.807) is 30.3 Å². The van der Waals surface area contributed by atoms with Crippen LogP contribution in [0.3, 0.4) is 0 Å². The normalized spacial score (nSPS) is 16.7. The van der Waals surface area contributed by atoms with Crippen LogP contribution in [0.15, 0.2) is 76.2 Å². The summed E-state index contributed by atoms with van der Waals surface area (Å²) in [6.07, 6.45) is 1.39. The minimum atomic E-state index is -1.84. The summed E-state index contributed by atoms with van der Waals surface area (Å²) in [5.74, 6) is -1.48.